The Morgan fingerprint density at radius 2 is 0.850 bits per heavy atom. The first-order valence-electron chi connectivity index (χ1n) is 16.0. The van der Waals surface area contributed by atoms with Gasteiger partial charge in [0, 0.05) is 11.1 Å². The summed E-state index contributed by atoms with van der Waals surface area (Å²) in [6.07, 6.45) is 13.8. The van der Waals surface area contributed by atoms with E-state index in [4.69, 9.17) is 0 Å². The van der Waals surface area contributed by atoms with Gasteiger partial charge in [0.2, 0.25) is 0 Å². The monoisotopic (exact) mass is 534 g/mol. The van der Waals surface area contributed by atoms with Crippen molar-refractivity contribution in [2.24, 2.45) is 0 Å². The molecule has 2 nitrogen and oxygen atoms in total. The average Bonchev–Trinajstić information content (AvgIpc) is 2.98. The summed E-state index contributed by atoms with van der Waals surface area (Å²) in [5, 5.41) is 5.52. The van der Waals surface area contributed by atoms with Crippen LogP contribution in [0, 0.1) is 0 Å². The highest BCUT2D eigenvalue weighted by Crippen LogP contribution is 2.42. The van der Waals surface area contributed by atoms with Crippen LogP contribution < -0.4 is 0 Å². The van der Waals surface area contributed by atoms with Crippen molar-refractivity contribution in [2.45, 2.75) is 89.4 Å². The second-order valence-electron chi connectivity index (χ2n) is 14.1. The van der Waals surface area contributed by atoms with Crippen molar-refractivity contribution in [3.63, 3.8) is 0 Å². The largest absolute Gasteiger partial charge is 0.322 e. The first-order valence-corrected chi connectivity index (χ1v) is 16.0. The maximum atomic E-state index is 2.49. The quantitative estimate of drug-likeness (QED) is 0.207. The third-order valence-corrected chi connectivity index (χ3v) is 10.6. The lowest BCUT2D eigenvalue weighted by Crippen LogP contribution is -2.49. The van der Waals surface area contributed by atoms with Gasteiger partial charge in [0.05, 0.1) is 40.3 Å². The van der Waals surface area contributed by atoms with Crippen LogP contribution in [0.15, 0.2) is 72.8 Å². The molecule has 0 bridgehead atoms. The summed E-state index contributed by atoms with van der Waals surface area (Å²) in [5.74, 6) is 0. The minimum Gasteiger partial charge on any atom is -0.322 e. The lowest BCUT2D eigenvalue weighted by atomic mass is 9.85. The summed E-state index contributed by atoms with van der Waals surface area (Å²) >= 11 is 0. The molecule has 2 aliphatic carbocycles. The lowest BCUT2D eigenvalue weighted by Gasteiger charge is -2.41. The van der Waals surface area contributed by atoms with E-state index < -0.39 is 0 Å². The van der Waals surface area contributed by atoms with Crippen molar-refractivity contribution in [1.82, 2.24) is 0 Å². The molecule has 2 heteroatoms. The third-order valence-electron chi connectivity index (χ3n) is 10.6. The minimum atomic E-state index is 0.752. The van der Waals surface area contributed by atoms with E-state index in [-0.39, 0.29) is 0 Å². The van der Waals surface area contributed by atoms with Crippen LogP contribution in [0.3, 0.4) is 0 Å². The van der Waals surface area contributed by atoms with E-state index in [0.29, 0.717) is 0 Å². The fraction of sp³-hybridized carbons (Fsp3) is 0.474. The van der Waals surface area contributed by atoms with E-state index in [1.54, 1.807) is 0 Å². The number of quaternary nitrogens is 2. The zero-order valence-electron chi connectivity index (χ0n) is 25.5. The second-order valence-corrected chi connectivity index (χ2v) is 14.1. The van der Waals surface area contributed by atoms with Crippen molar-refractivity contribution in [3.8, 4) is 11.1 Å². The molecule has 6 rings (SSSR count). The van der Waals surface area contributed by atoms with Gasteiger partial charge in [-0.1, -0.05) is 85.6 Å². The molecule has 0 atom stereocenters. The number of nitrogens with zero attached hydrogens (tertiary/aromatic N) is 2. The molecule has 40 heavy (non-hydrogen) atoms. The smallest absolute Gasteiger partial charge is 0.105 e. The molecular weight excluding hydrogens is 484 g/mol. The maximum Gasteiger partial charge on any atom is 0.105 e. The van der Waals surface area contributed by atoms with Gasteiger partial charge >= 0.3 is 0 Å². The van der Waals surface area contributed by atoms with Crippen molar-refractivity contribution < 1.29 is 8.97 Å². The van der Waals surface area contributed by atoms with Crippen LogP contribution in [0.2, 0.25) is 0 Å². The van der Waals surface area contributed by atoms with Gasteiger partial charge in [-0.3, -0.25) is 0 Å². The zero-order valence-corrected chi connectivity index (χ0v) is 25.5. The van der Waals surface area contributed by atoms with Crippen molar-refractivity contribution >= 4 is 21.5 Å². The molecule has 0 saturated heterocycles. The summed E-state index contributed by atoms with van der Waals surface area (Å²) in [4.78, 5) is 0. The standard InChI is InChI=1S/C38H50N2/c1-39(2,33-17-7-5-8-18-33)27-31-25-23-29-15-11-13-21-35(29)37(31)38-32(26-24-30-16-12-14-22-36(30)38)28-40(3,4)34-19-9-6-10-20-34/h11-16,21-26,33-34H,5-10,17-20,27-28H2,1-4H3/q+2. The number of rotatable bonds is 7. The van der Waals surface area contributed by atoms with Gasteiger partial charge in [0.25, 0.3) is 0 Å². The molecule has 0 heterocycles. The molecule has 2 saturated carbocycles. The Bertz CT molecular complexity index is 1350. The van der Waals surface area contributed by atoms with E-state index >= 15 is 0 Å². The molecule has 0 aromatic heterocycles. The van der Waals surface area contributed by atoms with Gasteiger partial charge in [-0.25, -0.2) is 0 Å². The number of hydrogen-bond acceptors (Lipinski definition) is 0. The summed E-state index contributed by atoms with van der Waals surface area (Å²) in [7, 11) is 9.95. The summed E-state index contributed by atoms with van der Waals surface area (Å²) in [5.41, 5.74) is 5.98. The Morgan fingerprint density at radius 1 is 0.475 bits per heavy atom. The molecular formula is C38H50N2+2. The van der Waals surface area contributed by atoms with Gasteiger partial charge in [-0.05, 0) is 84.0 Å². The average molecular weight is 535 g/mol. The van der Waals surface area contributed by atoms with E-state index in [0.717, 1.165) is 34.1 Å². The normalized spacial score (nSPS) is 18.0. The highest BCUT2D eigenvalue weighted by molar-refractivity contribution is 6.07. The molecule has 0 amide bonds. The number of fused-ring (bicyclic) bond motifs is 2. The summed E-state index contributed by atoms with van der Waals surface area (Å²) in [6.45, 7) is 2.16. The fourth-order valence-electron chi connectivity index (χ4n) is 8.18. The van der Waals surface area contributed by atoms with Gasteiger partial charge in [0.15, 0.2) is 0 Å². The van der Waals surface area contributed by atoms with Crippen molar-refractivity contribution in [1.29, 1.82) is 0 Å². The van der Waals surface area contributed by atoms with Crippen LogP contribution >= 0.6 is 0 Å². The SMILES string of the molecule is C[N+](C)(Cc1ccc2ccccc2c1-c1c(C[N+](C)(C)C2CCCCC2)ccc2ccccc12)C1CCCCC1. The van der Waals surface area contributed by atoms with E-state index in [2.05, 4.69) is 101 Å². The Hall–Kier alpha value is -2.68. The van der Waals surface area contributed by atoms with Gasteiger partial charge in [-0.2, -0.15) is 0 Å². The molecule has 0 aliphatic heterocycles. The first-order chi connectivity index (χ1) is 19.3. The fourth-order valence-corrected chi connectivity index (χ4v) is 8.18. The Balaban J connectivity index is 1.54. The van der Waals surface area contributed by atoms with Gasteiger partial charge in [0.1, 0.15) is 13.1 Å². The molecule has 4 aromatic carbocycles. The third kappa shape index (κ3) is 5.46. The Kier molecular flexibility index (Phi) is 7.77. The van der Waals surface area contributed by atoms with Crippen LogP contribution in [0.25, 0.3) is 32.7 Å². The maximum absolute atomic E-state index is 2.49. The molecule has 210 valence electrons. The van der Waals surface area contributed by atoms with E-state index in [1.807, 2.05) is 0 Å². The highest BCUT2D eigenvalue weighted by Gasteiger charge is 2.33. The van der Waals surface area contributed by atoms with Crippen LogP contribution in [-0.4, -0.2) is 49.2 Å². The van der Waals surface area contributed by atoms with Crippen LogP contribution in [0.4, 0.5) is 0 Å². The molecule has 0 spiro atoms. The van der Waals surface area contributed by atoms with E-state index in [9.17, 15) is 0 Å². The number of hydrogen-bond donors (Lipinski definition) is 0. The minimum absolute atomic E-state index is 0.752. The molecule has 0 unspecified atom stereocenters. The van der Waals surface area contributed by atoms with Crippen LogP contribution in [-0.2, 0) is 13.1 Å². The molecule has 2 fully saturated rings. The summed E-state index contributed by atoms with van der Waals surface area (Å²) in [6, 6.07) is 29.4. The second kappa shape index (κ2) is 11.3. The van der Waals surface area contributed by atoms with Gasteiger partial charge in [-0.15, -0.1) is 0 Å². The predicted octanol–water partition coefficient (Wildman–Crippen LogP) is 9.48. The van der Waals surface area contributed by atoms with Crippen LogP contribution in [0.5, 0.6) is 0 Å². The lowest BCUT2D eigenvalue weighted by molar-refractivity contribution is -0.929. The van der Waals surface area contributed by atoms with Crippen LogP contribution in [0.1, 0.15) is 75.3 Å². The van der Waals surface area contributed by atoms with Gasteiger partial charge < -0.3 is 8.97 Å². The molecule has 0 N–H and O–H groups in total. The molecule has 2 aliphatic rings. The Labute approximate surface area is 242 Å². The molecule has 0 radical (unpaired) electrons. The predicted molar refractivity (Wildman–Crippen MR) is 172 cm³/mol. The highest BCUT2D eigenvalue weighted by atomic mass is 15.3. The zero-order chi connectivity index (χ0) is 27.7. The Morgan fingerprint density at radius 3 is 1.25 bits per heavy atom. The molecule has 4 aromatic rings. The number of benzene rings is 4. The van der Waals surface area contributed by atoms with Crippen molar-refractivity contribution in [3.05, 3.63) is 83.9 Å². The topological polar surface area (TPSA) is 0 Å². The summed E-state index contributed by atoms with van der Waals surface area (Å²) < 4.78 is 2.16. The van der Waals surface area contributed by atoms with E-state index in [1.165, 1.54) is 108 Å². The first kappa shape index (κ1) is 27.5. The van der Waals surface area contributed by atoms with Crippen molar-refractivity contribution in [2.75, 3.05) is 28.2 Å².